The van der Waals surface area contributed by atoms with Crippen LogP contribution >= 0.6 is 0 Å². The molecule has 98 valence electrons. The van der Waals surface area contributed by atoms with E-state index in [0.717, 1.165) is 5.56 Å². The van der Waals surface area contributed by atoms with Crippen LogP contribution in [0.25, 0.3) is 0 Å². The summed E-state index contributed by atoms with van der Waals surface area (Å²) in [4.78, 5) is 12.4. The van der Waals surface area contributed by atoms with Crippen molar-refractivity contribution < 1.29 is 11.0 Å². The lowest BCUT2D eigenvalue weighted by atomic mass is 10.1. The number of methoxy groups -OCH3 is 1. The number of rotatable bonds is 3. The first-order valence-corrected chi connectivity index (χ1v) is 5.77. The Morgan fingerprint density at radius 2 is 2.29 bits per heavy atom. The maximum Gasteiger partial charge on any atom is 0.314 e. The third-order valence-electron chi connectivity index (χ3n) is 2.51. The van der Waals surface area contributed by atoms with Crippen molar-refractivity contribution in [3.05, 3.63) is 18.0 Å². The first kappa shape index (κ1) is 13.5. The molecule has 0 saturated carbocycles. The Hall–Kier alpha value is -1.56. The molecule has 1 fully saturated rings. The van der Waals surface area contributed by atoms with Crippen molar-refractivity contribution in [3.63, 3.8) is 0 Å². The lowest BCUT2D eigenvalue weighted by molar-refractivity contribution is 0.125. The average molecular weight is 242 g/mol. The fourth-order valence-electron chi connectivity index (χ4n) is 1.62. The molecule has 2 heterocycles. The first-order valence-electron chi connectivity index (χ1n) is 5.77. The van der Waals surface area contributed by atoms with Crippen LogP contribution in [0.2, 0.25) is 0 Å². The quantitative estimate of drug-likeness (QED) is 0.866. The summed E-state index contributed by atoms with van der Waals surface area (Å²) in [5.41, 5.74) is 6.17. The number of carbonyl (C=O) groups excluding carboxylic acids is 1. The number of carbonyl (C=O) groups is 1. The molecule has 2 rings (SSSR count). The molecule has 2 N–H and O–H groups in total. The molecule has 0 spiro atoms. The van der Waals surface area contributed by atoms with Crippen molar-refractivity contribution in [3.8, 4) is 0 Å². The Balaban J connectivity index is 0.000000917. The monoisotopic (exact) mass is 242 g/mol. The zero-order valence-electron chi connectivity index (χ0n) is 10.6. The lowest BCUT2D eigenvalue weighted by Crippen LogP contribution is -2.52. The first-order chi connectivity index (χ1) is 8.20. The smallest absolute Gasteiger partial charge is 0.314 e. The molecule has 6 nitrogen and oxygen atoms in total. The molecule has 0 unspecified atom stereocenters. The Morgan fingerprint density at radius 1 is 1.65 bits per heavy atom. The van der Waals surface area contributed by atoms with Crippen LogP contribution in [0.1, 0.15) is 26.9 Å². The van der Waals surface area contributed by atoms with Crippen LogP contribution in [-0.4, -0.2) is 40.9 Å². The van der Waals surface area contributed by atoms with Crippen LogP contribution in [0.5, 0.6) is 0 Å². The van der Waals surface area contributed by atoms with E-state index in [9.17, 15) is 4.79 Å². The Kier molecular flexibility index (Phi) is 4.96. The van der Waals surface area contributed by atoms with Gasteiger partial charge in [0.1, 0.15) is 0 Å². The van der Waals surface area contributed by atoms with Gasteiger partial charge in [0.15, 0.2) is 0 Å². The van der Waals surface area contributed by atoms with Gasteiger partial charge in [-0.25, -0.2) is 4.79 Å². The second-order valence-corrected chi connectivity index (χ2v) is 3.66. The molecule has 1 aliphatic rings. The van der Waals surface area contributed by atoms with Gasteiger partial charge in [0.25, 0.3) is 0 Å². The summed E-state index contributed by atoms with van der Waals surface area (Å²) in [6, 6.07) is -0.112. The maximum absolute atomic E-state index is 10.8. The second-order valence-electron chi connectivity index (χ2n) is 3.66. The van der Waals surface area contributed by atoms with E-state index in [4.69, 9.17) is 10.5 Å². The van der Waals surface area contributed by atoms with E-state index in [1.165, 1.54) is 0 Å². The fraction of sp³-hybridized carbons (Fsp3) is 0.636. The minimum Gasteiger partial charge on any atom is -0.380 e. The van der Waals surface area contributed by atoms with E-state index in [1.807, 2.05) is 24.7 Å². The standard InChI is InChI=1S/C9H14N4O2.C2H6.H2/c1-15-6-7-2-11-13(3-7)8-4-12(5-8)9(10)14;1-2;/h2-3,8H,4-6H2,1H3,(H2,10,14);1-2H3;1H. The predicted molar refractivity (Wildman–Crippen MR) is 66.6 cm³/mol. The van der Waals surface area contributed by atoms with Gasteiger partial charge >= 0.3 is 6.03 Å². The van der Waals surface area contributed by atoms with Crippen LogP contribution in [0.3, 0.4) is 0 Å². The fourth-order valence-corrected chi connectivity index (χ4v) is 1.62. The number of hydrogen-bond donors (Lipinski definition) is 1. The number of hydrogen-bond acceptors (Lipinski definition) is 3. The van der Waals surface area contributed by atoms with Gasteiger partial charge in [0, 0.05) is 33.4 Å². The lowest BCUT2D eigenvalue weighted by Gasteiger charge is -2.37. The van der Waals surface area contributed by atoms with Crippen molar-refractivity contribution in [2.75, 3.05) is 20.2 Å². The van der Waals surface area contributed by atoms with Gasteiger partial charge in [-0.1, -0.05) is 13.8 Å². The Labute approximate surface area is 103 Å². The number of nitrogens with zero attached hydrogens (tertiary/aromatic N) is 3. The summed E-state index contributed by atoms with van der Waals surface area (Å²) >= 11 is 0. The number of primary amides is 1. The van der Waals surface area contributed by atoms with E-state index in [1.54, 1.807) is 18.2 Å². The minimum absolute atomic E-state index is 0. The molecule has 6 heteroatoms. The summed E-state index contributed by atoms with van der Waals surface area (Å²) in [7, 11) is 1.65. The molecular formula is C11H22N4O2. The molecule has 2 amide bonds. The highest BCUT2D eigenvalue weighted by Gasteiger charge is 2.30. The van der Waals surface area contributed by atoms with Crippen LogP contribution < -0.4 is 5.73 Å². The molecule has 1 aliphatic heterocycles. The average Bonchev–Trinajstić information content (AvgIpc) is 2.67. The maximum atomic E-state index is 10.8. The predicted octanol–water partition coefficient (Wildman–Crippen LogP) is 1.24. The summed E-state index contributed by atoms with van der Waals surface area (Å²) in [6.45, 7) is 5.85. The highest BCUT2D eigenvalue weighted by molar-refractivity contribution is 5.72. The SMILES string of the molecule is CC.COCc1cnn(C2CN(C(N)=O)C2)c1.[HH]. The zero-order chi connectivity index (χ0) is 12.8. The van der Waals surface area contributed by atoms with Gasteiger partial charge in [-0.15, -0.1) is 0 Å². The van der Waals surface area contributed by atoms with Gasteiger partial charge in [0.2, 0.25) is 0 Å². The van der Waals surface area contributed by atoms with E-state index >= 15 is 0 Å². The van der Waals surface area contributed by atoms with Gasteiger partial charge in [-0.05, 0) is 0 Å². The highest BCUT2D eigenvalue weighted by atomic mass is 16.5. The Bertz CT molecular complexity index is 364. The normalized spacial score (nSPS) is 14.9. The number of aromatic nitrogens is 2. The van der Waals surface area contributed by atoms with E-state index < -0.39 is 0 Å². The molecule has 1 aromatic heterocycles. The number of amides is 2. The van der Waals surface area contributed by atoms with Crippen molar-refractivity contribution >= 4 is 6.03 Å². The molecule has 0 bridgehead atoms. The molecule has 1 saturated heterocycles. The third-order valence-corrected chi connectivity index (χ3v) is 2.51. The Morgan fingerprint density at radius 3 is 2.82 bits per heavy atom. The number of likely N-dealkylation sites (tertiary alicyclic amines) is 1. The van der Waals surface area contributed by atoms with E-state index in [0.29, 0.717) is 19.7 Å². The van der Waals surface area contributed by atoms with Crippen LogP contribution in [0.4, 0.5) is 4.79 Å². The van der Waals surface area contributed by atoms with Gasteiger partial charge < -0.3 is 15.4 Å². The molecule has 0 aliphatic carbocycles. The molecule has 0 atom stereocenters. The zero-order valence-corrected chi connectivity index (χ0v) is 10.6. The van der Waals surface area contributed by atoms with Crippen molar-refractivity contribution in [1.29, 1.82) is 0 Å². The van der Waals surface area contributed by atoms with Gasteiger partial charge in [0.05, 0.1) is 18.8 Å². The minimum atomic E-state index is -0.365. The number of urea groups is 1. The number of nitrogens with two attached hydrogens (primary N) is 1. The van der Waals surface area contributed by atoms with Crippen LogP contribution in [0, 0.1) is 0 Å². The van der Waals surface area contributed by atoms with Gasteiger partial charge in [-0.3, -0.25) is 4.68 Å². The third kappa shape index (κ3) is 3.20. The highest BCUT2D eigenvalue weighted by Crippen LogP contribution is 2.20. The van der Waals surface area contributed by atoms with Crippen LogP contribution in [-0.2, 0) is 11.3 Å². The topological polar surface area (TPSA) is 73.4 Å². The van der Waals surface area contributed by atoms with Crippen LogP contribution in [0.15, 0.2) is 12.4 Å². The van der Waals surface area contributed by atoms with Crippen molar-refractivity contribution in [2.45, 2.75) is 26.5 Å². The summed E-state index contributed by atoms with van der Waals surface area (Å²) < 4.78 is 6.85. The molecule has 17 heavy (non-hydrogen) atoms. The molecule has 0 aromatic carbocycles. The van der Waals surface area contributed by atoms with Gasteiger partial charge in [-0.2, -0.15) is 5.10 Å². The summed E-state index contributed by atoms with van der Waals surface area (Å²) in [5, 5.41) is 4.21. The molecular weight excluding hydrogens is 220 g/mol. The molecule has 1 aromatic rings. The van der Waals surface area contributed by atoms with Crippen molar-refractivity contribution in [2.24, 2.45) is 5.73 Å². The summed E-state index contributed by atoms with van der Waals surface area (Å²) in [6.07, 6.45) is 3.71. The van der Waals surface area contributed by atoms with Crippen molar-refractivity contribution in [1.82, 2.24) is 14.7 Å². The second kappa shape index (κ2) is 6.24. The largest absolute Gasteiger partial charge is 0.380 e. The molecule has 0 radical (unpaired) electrons. The van der Waals surface area contributed by atoms with E-state index in [-0.39, 0.29) is 13.5 Å². The van der Waals surface area contributed by atoms with E-state index in [2.05, 4.69) is 5.10 Å². The summed E-state index contributed by atoms with van der Waals surface area (Å²) in [5.74, 6) is 0. The number of ether oxygens (including phenoxy) is 1.